The summed E-state index contributed by atoms with van der Waals surface area (Å²) in [6.07, 6.45) is 14.5. The molecule has 0 aliphatic heterocycles. The minimum Gasteiger partial charge on any atom is -0.395 e. The molecule has 4 N–H and O–H groups in total. The number of aliphatic hydroxyl groups is 1. The lowest BCUT2D eigenvalue weighted by molar-refractivity contribution is 0.226. The highest BCUT2D eigenvalue weighted by Gasteiger charge is 2.26. The monoisotopic (exact) mass is 256 g/mol. The van der Waals surface area contributed by atoms with Gasteiger partial charge in [0.2, 0.25) is 0 Å². The van der Waals surface area contributed by atoms with Crippen LogP contribution in [0.15, 0.2) is 0 Å². The van der Waals surface area contributed by atoms with Crippen LogP contribution < -0.4 is 11.1 Å². The van der Waals surface area contributed by atoms with Crippen molar-refractivity contribution < 1.29 is 5.11 Å². The first-order valence-corrected chi connectivity index (χ1v) is 7.89. The van der Waals surface area contributed by atoms with Crippen molar-refractivity contribution in [2.45, 2.75) is 76.2 Å². The zero-order valence-electron chi connectivity index (χ0n) is 11.9. The van der Waals surface area contributed by atoms with Gasteiger partial charge < -0.3 is 16.2 Å². The van der Waals surface area contributed by atoms with Crippen molar-refractivity contribution in [3.8, 4) is 0 Å². The molecular weight excluding hydrogens is 224 g/mol. The van der Waals surface area contributed by atoms with E-state index in [9.17, 15) is 0 Å². The second kappa shape index (κ2) is 9.76. The van der Waals surface area contributed by atoms with E-state index < -0.39 is 0 Å². The molecule has 1 aliphatic rings. The molecule has 0 heterocycles. The van der Waals surface area contributed by atoms with Crippen molar-refractivity contribution in [1.82, 2.24) is 5.32 Å². The van der Waals surface area contributed by atoms with E-state index in [1.807, 2.05) is 0 Å². The lowest BCUT2D eigenvalue weighted by Gasteiger charge is -2.34. The van der Waals surface area contributed by atoms with Gasteiger partial charge in [-0.05, 0) is 12.8 Å². The average Bonchev–Trinajstić information content (AvgIpc) is 2.39. The lowest BCUT2D eigenvalue weighted by atomic mass is 9.85. The Kier molecular flexibility index (Phi) is 8.64. The quantitative estimate of drug-likeness (QED) is 0.724. The first-order valence-electron chi connectivity index (χ1n) is 7.89. The zero-order valence-corrected chi connectivity index (χ0v) is 11.9. The fourth-order valence-corrected chi connectivity index (χ4v) is 3.06. The predicted molar refractivity (Wildman–Crippen MR) is 77.7 cm³/mol. The van der Waals surface area contributed by atoms with Crippen LogP contribution in [0.3, 0.4) is 0 Å². The Morgan fingerprint density at radius 2 is 1.28 bits per heavy atom. The van der Waals surface area contributed by atoms with E-state index in [1.54, 1.807) is 0 Å². The van der Waals surface area contributed by atoms with Gasteiger partial charge in [0, 0.05) is 18.6 Å². The number of nitrogens with two attached hydrogens (primary N) is 1. The van der Waals surface area contributed by atoms with Gasteiger partial charge in [-0.2, -0.15) is 0 Å². The number of rotatable bonds is 4. The molecular formula is C15H32N2O. The van der Waals surface area contributed by atoms with Crippen LogP contribution in [-0.2, 0) is 0 Å². The molecule has 0 aromatic heterocycles. The highest BCUT2D eigenvalue weighted by atomic mass is 16.3. The molecule has 0 radical (unpaired) electrons. The maximum Gasteiger partial charge on any atom is 0.0556 e. The molecule has 0 aromatic carbocycles. The molecule has 0 amide bonds. The van der Waals surface area contributed by atoms with Gasteiger partial charge in [-0.3, -0.25) is 0 Å². The molecule has 0 atom stereocenters. The summed E-state index contributed by atoms with van der Waals surface area (Å²) in [7, 11) is 0. The van der Waals surface area contributed by atoms with Gasteiger partial charge in [-0.1, -0.05) is 57.8 Å². The molecule has 1 saturated carbocycles. The van der Waals surface area contributed by atoms with Crippen LogP contribution in [0.2, 0.25) is 0 Å². The highest BCUT2D eigenvalue weighted by molar-refractivity contribution is 4.89. The molecule has 1 aliphatic carbocycles. The lowest BCUT2D eigenvalue weighted by Crippen LogP contribution is -2.52. The summed E-state index contributed by atoms with van der Waals surface area (Å²) in [5.74, 6) is 0. The number of aliphatic hydroxyl groups excluding tert-OH is 1. The third kappa shape index (κ3) is 6.17. The molecule has 0 aromatic rings. The molecule has 0 unspecified atom stereocenters. The summed E-state index contributed by atoms with van der Waals surface area (Å²) in [5.41, 5.74) is 6.10. The molecule has 1 rings (SSSR count). The normalized spacial score (nSPS) is 23.0. The molecule has 108 valence electrons. The van der Waals surface area contributed by atoms with Gasteiger partial charge in [0.05, 0.1) is 6.61 Å². The van der Waals surface area contributed by atoms with Crippen LogP contribution in [0.5, 0.6) is 0 Å². The largest absolute Gasteiger partial charge is 0.395 e. The molecule has 0 spiro atoms. The van der Waals surface area contributed by atoms with Gasteiger partial charge in [0.25, 0.3) is 0 Å². The van der Waals surface area contributed by atoms with Crippen LogP contribution in [-0.4, -0.2) is 30.3 Å². The number of hydrogen-bond donors (Lipinski definition) is 3. The van der Waals surface area contributed by atoms with Crippen LogP contribution in [0.1, 0.15) is 70.6 Å². The van der Waals surface area contributed by atoms with E-state index in [-0.39, 0.29) is 12.1 Å². The van der Waals surface area contributed by atoms with Gasteiger partial charge >= 0.3 is 0 Å². The van der Waals surface area contributed by atoms with Crippen molar-refractivity contribution in [2.75, 3.05) is 19.7 Å². The van der Waals surface area contributed by atoms with E-state index >= 15 is 0 Å². The highest BCUT2D eigenvalue weighted by Crippen LogP contribution is 2.24. The molecule has 1 fully saturated rings. The Bertz CT molecular complexity index is 185. The number of nitrogens with one attached hydrogen (secondary N) is 1. The van der Waals surface area contributed by atoms with E-state index in [0.29, 0.717) is 13.1 Å². The van der Waals surface area contributed by atoms with Crippen LogP contribution in [0.4, 0.5) is 0 Å². The van der Waals surface area contributed by atoms with Crippen molar-refractivity contribution in [2.24, 2.45) is 5.73 Å². The Balaban J connectivity index is 2.46. The van der Waals surface area contributed by atoms with E-state index in [4.69, 9.17) is 10.8 Å². The molecule has 18 heavy (non-hydrogen) atoms. The van der Waals surface area contributed by atoms with Gasteiger partial charge in [-0.15, -0.1) is 0 Å². The third-order valence-corrected chi connectivity index (χ3v) is 4.31. The van der Waals surface area contributed by atoms with Crippen molar-refractivity contribution in [3.63, 3.8) is 0 Å². The van der Waals surface area contributed by atoms with Gasteiger partial charge in [0.15, 0.2) is 0 Å². The summed E-state index contributed by atoms with van der Waals surface area (Å²) in [6.45, 7) is 1.59. The Morgan fingerprint density at radius 3 is 1.67 bits per heavy atom. The van der Waals surface area contributed by atoms with Gasteiger partial charge in [-0.25, -0.2) is 0 Å². The van der Waals surface area contributed by atoms with Crippen molar-refractivity contribution in [3.05, 3.63) is 0 Å². The summed E-state index contributed by atoms with van der Waals surface area (Å²) in [6, 6.07) is 0. The van der Waals surface area contributed by atoms with Gasteiger partial charge in [0.1, 0.15) is 0 Å². The van der Waals surface area contributed by atoms with Crippen LogP contribution in [0, 0.1) is 0 Å². The Hall–Kier alpha value is -0.120. The fourth-order valence-electron chi connectivity index (χ4n) is 3.06. The average molecular weight is 256 g/mol. The number of hydrogen-bond acceptors (Lipinski definition) is 3. The second-order valence-electron chi connectivity index (χ2n) is 5.82. The summed E-state index contributed by atoms with van der Waals surface area (Å²) in [4.78, 5) is 0. The van der Waals surface area contributed by atoms with Crippen molar-refractivity contribution >= 4 is 0 Å². The van der Waals surface area contributed by atoms with Crippen LogP contribution >= 0.6 is 0 Å². The molecule has 3 nitrogen and oxygen atoms in total. The van der Waals surface area contributed by atoms with E-state index in [1.165, 1.54) is 70.6 Å². The SMILES string of the molecule is NCC1(NCCO)CCCCCCCCCCC1. The summed E-state index contributed by atoms with van der Waals surface area (Å²) < 4.78 is 0. The Labute approximate surface area is 113 Å². The minimum absolute atomic E-state index is 0.0852. The minimum atomic E-state index is 0.0852. The first-order chi connectivity index (χ1) is 8.83. The predicted octanol–water partition coefficient (Wildman–Crippen LogP) is 2.57. The van der Waals surface area contributed by atoms with E-state index in [2.05, 4.69) is 5.32 Å². The second-order valence-corrected chi connectivity index (χ2v) is 5.82. The smallest absolute Gasteiger partial charge is 0.0556 e. The number of β-amino-alcohol motifs (C(OH)–C–C–N with tert-alkyl or cyclic N) is 1. The zero-order chi connectivity index (χ0) is 13.1. The molecule has 0 bridgehead atoms. The topological polar surface area (TPSA) is 58.3 Å². The third-order valence-electron chi connectivity index (χ3n) is 4.31. The van der Waals surface area contributed by atoms with E-state index in [0.717, 1.165) is 0 Å². The standard InChI is InChI=1S/C15H32N2O/c16-14-15(17-12-13-18)10-8-6-4-2-1-3-5-7-9-11-15/h17-18H,1-14,16H2. The Morgan fingerprint density at radius 1 is 0.833 bits per heavy atom. The molecule has 3 heteroatoms. The maximum atomic E-state index is 9.01. The molecule has 0 saturated heterocycles. The maximum absolute atomic E-state index is 9.01. The summed E-state index contributed by atoms with van der Waals surface area (Å²) >= 11 is 0. The van der Waals surface area contributed by atoms with Crippen molar-refractivity contribution in [1.29, 1.82) is 0 Å². The van der Waals surface area contributed by atoms with Crippen LogP contribution in [0.25, 0.3) is 0 Å². The summed E-state index contributed by atoms with van der Waals surface area (Å²) in [5, 5.41) is 12.5. The fraction of sp³-hybridized carbons (Fsp3) is 1.00. The first kappa shape index (κ1) is 15.9.